The lowest BCUT2D eigenvalue weighted by Gasteiger charge is -2.15. The highest BCUT2D eigenvalue weighted by molar-refractivity contribution is 5.63. The van der Waals surface area contributed by atoms with Crippen LogP contribution < -0.4 is 10.1 Å². The Labute approximate surface area is 103 Å². The topological polar surface area (TPSA) is 125 Å². The summed E-state index contributed by atoms with van der Waals surface area (Å²) in [4.78, 5) is 10.1. The van der Waals surface area contributed by atoms with Gasteiger partial charge in [-0.1, -0.05) is 0 Å². The third kappa shape index (κ3) is 3.84. The lowest BCUT2D eigenvalue weighted by atomic mass is 10.2. The zero-order valence-corrected chi connectivity index (χ0v) is 9.61. The number of nitrogens with zero attached hydrogens (tertiary/aromatic N) is 1. The molecule has 8 nitrogen and oxygen atoms in total. The van der Waals surface area contributed by atoms with E-state index in [1.54, 1.807) is 0 Å². The molecular weight excluding hydrogens is 244 g/mol. The predicted octanol–water partition coefficient (Wildman–Crippen LogP) is 0.0345. The molecule has 1 aromatic carbocycles. The van der Waals surface area contributed by atoms with Crippen LogP contribution in [0, 0.1) is 10.1 Å². The van der Waals surface area contributed by atoms with Gasteiger partial charge in [0.15, 0.2) is 6.29 Å². The molecule has 0 saturated heterocycles. The summed E-state index contributed by atoms with van der Waals surface area (Å²) in [6, 6.07) is 3.88. The van der Waals surface area contributed by atoms with E-state index in [0.717, 1.165) is 0 Å². The number of benzene rings is 1. The van der Waals surface area contributed by atoms with Crippen LogP contribution >= 0.6 is 0 Å². The van der Waals surface area contributed by atoms with E-state index in [2.05, 4.69) is 5.32 Å². The predicted molar refractivity (Wildman–Crippen MR) is 62.1 cm³/mol. The Morgan fingerprint density at radius 1 is 1.44 bits per heavy atom. The summed E-state index contributed by atoms with van der Waals surface area (Å²) in [6.07, 6.45) is -3.48. The Bertz CT molecular complexity index is 423. The fourth-order valence-corrected chi connectivity index (χ4v) is 1.33. The molecule has 0 fully saturated rings. The Hall–Kier alpha value is -1.90. The second-order valence-corrected chi connectivity index (χ2v) is 3.47. The minimum absolute atomic E-state index is 0.124. The van der Waals surface area contributed by atoms with Crippen LogP contribution in [0.15, 0.2) is 18.2 Å². The first-order valence-electron chi connectivity index (χ1n) is 5.11. The third-order valence-electron chi connectivity index (χ3n) is 2.12. The first kappa shape index (κ1) is 14.2. The summed E-state index contributed by atoms with van der Waals surface area (Å²) in [5.74, 6) is 0.179. The van der Waals surface area contributed by atoms with Crippen molar-refractivity contribution < 1.29 is 25.0 Å². The van der Waals surface area contributed by atoms with Crippen LogP contribution in [0.3, 0.4) is 0 Å². The molecule has 1 aromatic rings. The molecule has 1 atom stereocenters. The van der Waals surface area contributed by atoms with Crippen molar-refractivity contribution in [2.75, 3.05) is 12.4 Å². The molecule has 0 aliphatic heterocycles. The lowest BCUT2D eigenvalue weighted by molar-refractivity contribution is -0.384. The van der Waals surface area contributed by atoms with Crippen molar-refractivity contribution in [3.05, 3.63) is 28.3 Å². The summed E-state index contributed by atoms with van der Waals surface area (Å²) in [6.45, 7) is 0. The first-order valence-corrected chi connectivity index (χ1v) is 5.11. The van der Waals surface area contributed by atoms with Crippen LogP contribution in [0.25, 0.3) is 0 Å². The van der Waals surface area contributed by atoms with Crippen LogP contribution in [-0.4, -0.2) is 39.9 Å². The zero-order chi connectivity index (χ0) is 13.7. The highest BCUT2D eigenvalue weighted by Gasteiger charge is 2.16. The molecule has 0 amide bonds. The van der Waals surface area contributed by atoms with Crippen molar-refractivity contribution in [2.45, 2.75) is 19.0 Å². The number of nitro benzene ring substituents is 1. The lowest BCUT2D eigenvalue weighted by Crippen LogP contribution is -2.22. The van der Waals surface area contributed by atoms with Crippen molar-refractivity contribution in [2.24, 2.45) is 0 Å². The number of nitrogens with one attached hydrogen (secondary N) is 1. The fraction of sp³-hybridized carbons (Fsp3) is 0.400. The molecule has 0 aromatic heterocycles. The molecule has 8 heteroatoms. The Balaban J connectivity index is 2.82. The van der Waals surface area contributed by atoms with E-state index < -0.39 is 17.5 Å². The molecule has 0 aliphatic rings. The number of rotatable bonds is 6. The molecule has 0 aliphatic carbocycles. The molecule has 0 radical (unpaired) electrons. The molecule has 1 rings (SSSR count). The van der Waals surface area contributed by atoms with E-state index in [1.807, 2.05) is 0 Å². The van der Waals surface area contributed by atoms with Gasteiger partial charge in [0, 0.05) is 19.2 Å². The quantitative estimate of drug-likeness (QED) is 0.322. The average molecular weight is 258 g/mol. The molecule has 1 unspecified atom stereocenters. The van der Waals surface area contributed by atoms with E-state index in [9.17, 15) is 15.2 Å². The average Bonchev–Trinajstić information content (AvgIpc) is 2.27. The van der Waals surface area contributed by atoms with E-state index >= 15 is 0 Å². The number of anilines is 1. The second-order valence-electron chi connectivity index (χ2n) is 3.47. The maximum absolute atomic E-state index is 10.7. The summed E-state index contributed by atoms with van der Waals surface area (Å²) in [5.41, 5.74) is 0.107. The van der Waals surface area contributed by atoms with Gasteiger partial charge in [0.1, 0.15) is 11.4 Å². The standard InChI is InChI=1S/C10H14N2O6/c1-11-7-4-6(2-3-8(7)12(16)17)18-10(15)5-9(13)14/h2-4,9-11,13-15H,5H2,1H3. The summed E-state index contributed by atoms with van der Waals surface area (Å²) < 4.78 is 4.98. The van der Waals surface area contributed by atoms with Gasteiger partial charge in [-0.05, 0) is 6.07 Å². The first-order chi connectivity index (χ1) is 8.43. The van der Waals surface area contributed by atoms with Gasteiger partial charge >= 0.3 is 0 Å². The van der Waals surface area contributed by atoms with Crippen LogP contribution in [0.5, 0.6) is 5.75 Å². The smallest absolute Gasteiger partial charge is 0.292 e. The van der Waals surface area contributed by atoms with Crippen LogP contribution in [-0.2, 0) is 0 Å². The Kier molecular flexibility index (Phi) is 4.84. The van der Waals surface area contributed by atoms with Crippen LogP contribution in [0.4, 0.5) is 11.4 Å². The third-order valence-corrected chi connectivity index (χ3v) is 2.12. The van der Waals surface area contributed by atoms with Gasteiger partial charge in [0.2, 0.25) is 6.29 Å². The summed E-state index contributed by atoms with van der Waals surface area (Å²) in [7, 11) is 1.51. The summed E-state index contributed by atoms with van der Waals surface area (Å²) in [5, 5.41) is 39.9. The number of aliphatic hydroxyl groups is 3. The van der Waals surface area contributed by atoms with Gasteiger partial charge in [0.05, 0.1) is 11.3 Å². The monoisotopic (exact) mass is 258 g/mol. The molecule has 0 saturated carbocycles. The molecule has 100 valence electrons. The maximum atomic E-state index is 10.7. The maximum Gasteiger partial charge on any atom is 0.292 e. The van der Waals surface area contributed by atoms with Crippen LogP contribution in [0.1, 0.15) is 6.42 Å². The fourth-order valence-electron chi connectivity index (χ4n) is 1.33. The highest BCUT2D eigenvalue weighted by atomic mass is 16.6. The van der Waals surface area contributed by atoms with Crippen molar-refractivity contribution >= 4 is 11.4 Å². The van der Waals surface area contributed by atoms with Gasteiger partial charge in [-0.15, -0.1) is 0 Å². The molecule has 18 heavy (non-hydrogen) atoms. The SMILES string of the molecule is CNc1cc(OC(O)CC(O)O)ccc1[N+](=O)[O-]. The van der Waals surface area contributed by atoms with Crippen molar-refractivity contribution in [3.63, 3.8) is 0 Å². The van der Waals surface area contributed by atoms with Gasteiger partial charge < -0.3 is 25.4 Å². The number of nitro groups is 1. The van der Waals surface area contributed by atoms with Crippen molar-refractivity contribution in [3.8, 4) is 5.75 Å². The number of hydrogen-bond acceptors (Lipinski definition) is 7. The van der Waals surface area contributed by atoms with Crippen molar-refractivity contribution in [1.82, 2.24) is 0 Å². The molecule has 0 spiro atoms. The van der Waals surface area contributed by atoms with E-state index in [0.29, 0.717) is 0 Å². The van der Waals surface area contributed by atoms with Gasteiger partial charge in [-0.3, -0.25) is 10.1 Å². The molecule has 0 bridgehead atoms. The Morgan fingerprint density at radius 3 is 2.61 bits per heavy atom. The summed E-state index contributed by atoms with van der Waals surface area (Å²) >= 11 is 0. The van der Waals surface area contributed by atoms with E-state index in [4.69, 9.17) is 14.9 Å². The minimum Gasteiger partial charge on any atom is -0.465 e. The van der Waals surface area contributed by atoms with E-state index in [1.165, 1.54) is 25.2 Å². The highest BCUT2D eigenvalue weighted by Crippen LogP contribution is 2.28. The molecule has 0 heterocycles. The second kappa shape index (κ2) is 6.15. The molecular formula is C10H14N2O6. The number of aliphatic hydroxyl groups excluding tert-OH is 2. The normalized spacial score (nSPS) is 12.3. The number of ether oxygens (including phenoxy) is 1. The molecule has 4 N–H and O–H groups in total. The van der Waals surface area contributed by atoms with Crippen molar-refractivity contribution in [1.29, 1.82) is 0 Å². The van der Waals surface area contributed by atoms with Gasteiger partial charge in [-0.2, -0.15) is 0 Å². The number of hydrogen-bond donors (Lipinski definition) is 4. The van der Waals surface area contributed by atoms with Gasteiger partial charge in [-0.25, -0.2) is 0 Å². The Morgan fingerprint density at radius 2 is 2.11 bits per heavy atom. The zero-order valence-electron chi connectivity index (χ0n) is 9.61. The largest absolute Gasteiger partial charge is 0.465 e. The van der Waals surface area contributed by atoms with Crippen LogP contribution in [0.2, 0.25) is 0 Å². The van der Waals surface area contributed by atoms with Gasteiger partial charge in [0.25, 0.3) is 5.69 Å². The van der Waals surface area contributed by atoms with E-state index in [-0.39, 0.29) is 23.5 Å². The minimum atomic E-state index is -1.69.